The van der Waals surface area contributed by atoms with Crippen molar-refractivity contribution in [2.45, 2.75) is 60.3 Å². The number of carbonyl (C=O) groups is 2. The van der Waals surface area contributed by atoms with Crippen molar-refractivity contribution in [2.75, 3.05) is 0 Å². The third-order valence-electron chi connectivity index (χ3n) is 4.91. The summed E-state index contributed by atoms with van der Waals surface area (Å²) in [5.74, 6) is -0.205. The lowest BCUT2D eigenvalue weighted by molar-refractivity contribution is 0.0696. The van der Waals surface area contributed by atoms with Gasteiger partial charge in [0.1, 0.15) is 0 Å². The number of aromatic carboxylic acids is 2. The Kier molecular flexibility index (Phi) is 7.00. The fraction of sp³-hybridized carbons (Fsp3) is 0.600. The number of hydrogen-bond donors (Lipinski definition) is 2. The first-order valence-electron chi connectivity index (χ1n) is 8.62. The molecule has 4 nitrogen and oxygen atoms in total. The second-order valence-electron chi connectivity index (χ2n) is 7.85. The zero-order chi connectivity index (χ0) is 18.5. The highest BCUT2D eigenvalue weighted by Gasteiger charge is 2.31. The number of rotatable bonds is 3. The lowest BCUT2D eigenvalue weighted by Gasteiger charge is -2.26. The van der Waals surface area contributed by atoms with Crippen LogP contribution in [0.5, 0.6) is 0 Å². The van der Waals surface area contributed by atoms with Crippen LogP contribution in [-0.2, 0) is 0 Å². The molecule has 2 unspecified atom stereocenters. The molecule has 1 aromatic carbocycles. The number of carboxylic acid groups (broad SMARTS) is 2. The number of benzene rings is 1. The van der Waals surface area contributed by atoms with E-state index in [-0.39, 0.29) is 11.1 Å². The van der Waals surface area contributed by atoms with Crippen LogP contribution in [0.15, 0.2) is 18.2 Å². The minimum absolute atomic E-state index is 0.00241. The summed E-state index contributed by atoms with van der Waals surface area (Å²) in [5, 5.41) is 17.2. The molecule has 2 rings (SSSR count). The second-order valence-corrected chi connectivity index (χ2v) is 7.85. The molecular formula is C20H30O4. The first kappa shape index (κ1) is 20.2. The van der Waals surface area contributed by atoms with Crippen LogP contribution in [0, 0.1) is 24.2 Å². The number of carboxylic acids is 2. The predicted molar refractivity (Wildman–Crippen MR) is 95.7 cm³/mol. The minimum Gasteiger partial charge on any atom is -0.478 e. The van der Waals surface area contributed by atoms with Crippen molar-refractivity contribution in [3.05, 3.63) is 34.9 Å². The molecule has 0 radical (unpaired) electrons. The predicted octanol–water partition coefficient (Wildman–Crippen LogP) is 5.25. The number of aryl methyl sites for hydroxylation is 1. The van der Waals surface area contributed by atoms with E-state index >= 15 is 0 Å². The SMILES string of the molecule is CCC1CCC(C(C)(C)C)C1.Cc1cc(C(=O)O)cc(C(=O)O)c1. The Morgan fingerprint density at radius 2 is 1.54 bits per heavy atom. The van der Waals surface area contributed by atoms with Crippen molar-refractivity contribution in [1.82, 2.24) is 0 Å². The van der Waals surface area contributed by atoms with E-state index in [4.69, 9.17) is 10.2 Å². The van der Waals surface area contributed by atoms with Crippen LogP contribution in [-0.4, -0.2) is 22.2 Å². The van der Waals surface area contributed by atoms with Gasteiger partial charge in [0.05, 0.1) is 11.1 Å². The summed E-state index contributed by atoms with van der Waals surface area (Å²) < 4.78 is 0. The van der Waals surface area contributed by atoms with Crippen LogP contribution in [0.4, 0.5) is 0 Å². The Hall–Kier alpha value is -1.84. The summed E-state index contributed by atoms with van der Waals surface area (Å²) in [6, 6.07) is 3.99. The van der Waals surface area contributed by atoms with Gasteiger partial charge in [-0.25, -0.2) is 9.59 Å². The van der Waals surface area contributed by atoms with Gasteiger partial charge in [-0.2, -0.15) is 0 Å². The smallest absolute Gasteiger partial charge is 0.335 e. The van der Waals surface area contributed by atoms with Gasteiger partial charge in [0, 0.05) is 0 Å². The molecule has 0 saturated heterocycles. The van der Waals surface area contributed by atoms with E-state index in [0.29, 0.717) is 11.0 Å². The Morgan fingerprint density at radius 3 is 1.83 bits per heavy atom. The van der Waals surface area contributed by atoms with Gasteiger partial charge in [-0.15, -0.1) is 0 Å². The van der Waals surface area contributed by atoms with E-state index in [1.807, 2.05) is 0 Å². The van der Waals surface area contributed by atoms with E-state index < -0.39 is 11.9 Å². The molecule has 0 aromatic heterocycles. The van der Waals surface area contributed by atoms with Crippen molar-refractivity contribution in [3.63, 3.8) is 0 Å². The highest BCUT2D eigenvalue weighted by molar-refractivity contribution is 5.94. The maximum atomic E-state index is 10.5. The highest BCUT2D eigenvalue weighted by Crippen LogP contribution is 2.42. The maximum absolute atomic E-state index is 10.5. The van der Waals surface area contributed by atoms with Crippen molar-refractivity contribution in [2.24, 2.45) is 17.3 Å². The molecule has 1 aromatic rings. The minimum atomic E-state index is -1.12. The molecule has 0 aliphatic heterocycles. The monoisotopic (exact) mass is 334 g/mol. The molecule has 0 heterocycles. The third-order valence-corrected chi connectivity index (χ3v) is 4.91. The van der Waals surface area contributed by atoms with Crippen LogP contribution in [0.3, 0.4) is 0 Å². The Morgan fingerprint density at radius 1 is 1.04 bits per heavy atom. The maximum Gasteiger partial charge on any atom is 0.335 e. The van der Waals surface area contributed by atoms with E-state index in [9.17, 15) is 9.59 Å². The summed E-state index contributed by atoms with van der Waals surface area (Å²) in [5.41, 5.74) is 1.18. The summed E-state index contributed by atoms with van der Waals surface area (Å²) in [4.78, 5) is 21.1. The molecule has 0 spiro atoms. The zero-order valence-corrected chi connectivity index (χ0v) is 15.4. The summed E-state index contributed by atoms with van der Waals surface area (Å²) in [7, 11) is 0. The molecule has 1 fully saturated rings. The number of hydrogen-bond acceptors (Lipinski definition) is 2. The topological polar surface area (TPSA) is 74.6 Å². The molecule has 1 saturated carbocycles. The lowest BCUT2D eigenvalue weighted by Crippen LogP contribution is -2.17. The van der Waals surface area contributed by atoms with Gasteiger partial charge < -0.3 is 10.2 Å². The summed E-state index contributed by atoms with van der Waals surface area (Å²) >= 11 is 0. The van der Waals surface area contributed by atoms with Crippen molar-refractivity contribution < 1.29 is 19.8 Å². The van der Waals surface area contributed by atoms with Crippen LogP contribution in [0.2, 0.25) is 0 Å². The largest absolute Gasteiger partial charge is 0.478 e. The van der Waals surface area contributed by atoms with E-state index in [0.717, 1.165) is 17.9 Å². The summed E-state index contributed by atoms with van der Waals surface area (Å²) in [6.07, 6.45) is 5.84. The molecule has 1 aliphatic carbocycles. The van der Waals surface area contributed by atoms with Gasteiger partial charge in [0.25, 0.3) is 0 Å². The van der Waals surface area contributed by atoms with E-state index in [2.05, 4.69) is 27.7 Å². The van der Waals surface area contributed by atoms with Gasteiger partial charge in [-0.3, -0.25) is 0 Å². The highest BCUT2D eigenvalue weighted by atomic mass is 16.4. The fourth-order valence-electron chi connectivity index (χ4n) is 3.26. The first-order chi connectivity index (χ1) is 11.0. The standard InChI is InChI=1S/C11H22.C9H8O4/c1-5-9-6-7-10(8-9)11(2,3)4;1-5-2-6(8(10)11)4-7(3-5)9(12)13/h9-10H,5-8H2,1-4H3;2-4H,1H3,(H,10,11)(H,12,13). The average molecular weight is 334 g/mol. The fourth-order valence-corrected chi connectivity index (χ4v) is 3.26. The van der Waals surface area contributed by atoms with Crippen molar-refractivity contribution in [3.8, 4) is 0 Å². The lowest BCUT2D eigenvalue weighted by atomic mass is 9.79. The van der Waals surface area contributed by atoms with Crippen LogP contribution < -0.4 is 0 Å². The third kappa shape index (κ3) is 5.99. The molecule has 0 bridgehead atoms. The molecule has 24 heavy (non-hydrogen) atoms. The van der Waals surface area contributed by atoms with E-state index in [1.54, 1.807) is 6.92 Å². The van der Waals surface area contributed by atoms with Gasteiger partial charge in [-0.1, -0.05) is 40.5 Å². The first-order valence-corrected chi connectivity index (χ1v) is 8.62. The van der Waals surface area contributed by atoms with Crippen LogP contribution >= 0.6 is 0 Å². The van der Waals surface area contributed by atoms with Gasteiger partial charge in [0.15, 0.2) is 0 Å². The Bertz CT molecular complexity index is 552. The van der Waals surface area contributed by atoms with Crippen LogP contribution in [0.25, 0.3) is 0 Å². The van der Waals surface area contributed by atoms with Gasteiger partial charge in [-0.05, 0) is 60.8 Å². The molecule has 0 amide bonds. The van der Waals surface area contributed by atoms with Crippen molar-refractivity contribution in [1.29, 1.82) is 0 Å². The molecular weight excluding hydrogens is 304 g/mol. The Balaban J connectivity index is 0.000000243. The molecule has 134 valence electrons. The average Bonchev–Trinajstić information content (AvgIpc) is 2.96. The normalized spacial score (nSPS) is 20.2. The van der Waals surface area contributed by atoms with Gasteiger partial charge >= 0.3 is 11.9 Å². The molecule has 1 aliphatic rings. The zero-order valence-electron chi connectivity index (χ0n) is 15.4. The van der Waals surface area contributed by atoms with Crippen LogP contribution in [0.1, 0.15) is 79.7 Å². The molecule has 2 N–H and O–H groups in total. The molecule has 4 heteroatoms. The summed E-state index contributed by atoms with van der Waals surface area (Å²) in [6.45, 7) is 11.1. The van der Waals surface area contributed by atoms with E-state index in [1.165, 1.54) is 37.8 Å². The molecule has 2 atom stereocenters. The quantitative estimate of drug-likeness (QED) is 0.791. The van der Waals surface area contributed by atoms with Crippen molar-refractivity contribution >= 4 is 11.9 Å². The Labute approximate surface area is 144 Å². The second kappa shape index (κ2) is 8.32. The van der Waals surface area contributed by atoms with Gasteiger partial charge in [0.2, 0.25) is 0 Å².